The first-order valence-corrected chi connectivity index (χ1v) is 10.4. The summed E-state index contributed by atoms with van der Waals surface area (Å²) in [6.45, 7) is 6.62. The number of hydrogen-bond acceptors (Lipinski definition) is 7. The smallest absolute Gasteiger partial charge is 0.221 e. The molecule has 0 fully saturated rings. The molecule has 0 atom stereocenters. The second-order valence-corrected chi connectivity index (χ2v) is 8.27. The van der Waals surface area contributed by atoms with Crippen LogP contribution in [0.2, 0.25) is 0 Å². The molecule has 0 saturated heterocycles. The summed E-state index contributed by atoms with van der Waals surface area (Å²) in [4.78, 5) is 8.15. The van der Waals surface area contributed by atoms with E-state index in [1.165, 1.54) is 5.56 Å². The Bertz CT molecular complexity index is 1070. The number of aromatic nitrogens is 2. The summed E-state index contributed by atoms with van der Waals surface area (Å²) in [6.07, 6.45) is 4.41. The molecule has 0 radical (unpaired) electrons. The number of rotatable bonds is 5. The van der Waals surface area contributed by atoms with Crippen LogP contribution in [0.15, 0.2) is 41.2 Å². The zero-order valence-corrected chi connectivity index (χ0v) is 17.5. The lowest BCUT2D eigenvalue weighted by Crippen LogP contribution is -2.29. The van der Waals surface area contributed by atoms with E-state index < -0.39 is 5.60 Å². The molecule has 0 aliphatic carbocycles. The van der Waals surface area contributed by atoms with Crippen molar-refractivity contribution in [1.82, 2.24) is 9.97 Å². The van der Waals surface area contributed by atoms with Gasteiger partial charge in [0.05, 0.1) is 6.61 Å². The van der Waals surface area contributed by atoms with Gasteiger partial charge in [-0.25, -0.2) is 4.98 Å². The van der Waals surface area contributed by atoms with E-state index in [2.05, 4.69) is 52.8 Å². The normalized spacial score (nSPS) is 14.7. The summed E-state index contributed by atoms with van der Waals surface area (Å²) in [5.74, 6) is 2.05. The van der Waals surface area contributed by atoms with E-state index in [0.29, 0.717) is 18.8 Å². The fourth-order valence-corrected chi connectivity index (χ4v) is 4.15. The fourth-order valence-electron chi connectivity index (χ4n) is 3.49. The van der Waals surface area contributed by atoms with Crippen molar-refractivity contribution in [3.8, 4) is 11.5 Å². The maximum Gasteiger partial charge on any atom is 0.221 e. The lowest BCUT2D eigenvalue weighted by molar-refractivity contribution is 0.149. The topological polar surface area (TPSA) is 96.3 Å². The van der Waals surface area contributed by atoms with E-state index in [-0.39, 0.29) is 5.95 Å². The van der Waals surface area contributed by atoms with Crippen molar-refractivity contribution in [1.29, 1.82) is 0 Å². The number of thiophene rings is 1. The molecule has 1 aliphatic rings. The van der Waals surface area contributed by atoms with Crippen LogP contribution in [0.25, 0.3) is 5.57 Å². The van der Waals surface area contributed by atoms with Crippen LogP contribution in [-0.2, 0) is 6.42 Å². The Hall–Kier alpha value is -3.06. The van der Waals surface area contributed by atoms with Crippen LogP contribution in [-0.4, -0.2) is 22.2 Å². The number of nitrogens with two attached hydrogens (primary N) is 2. The number of fused-ring (bicyclic) bond motifs is 1. The average Bonchev–Trinajstić information content (AvgIpc) is 3.18. The molecule has 6 nitrogen and oxygen atoms in total. The summed E-state index contributed by atoms with van der Waals surface area (Å²) in [5.41, 5.74) is 16.4. The van der Waals surface area contributed by atoms with Crippen molar-refractivity contribution in [2.24, 2.45) is 0 Å². The molecular formula is C22H24N4O2S. The summed E-state index contributed by atoms with van der Waals surface area (Å²) in [6, 6.07) is 6.26. The second-order valence-electron chi connectivity index (χ2n) is 7.49. The zero-order chi connectivity index (χ0) is 20.6. The minimum Gasteiger partial charge on any atom is -0.490 e. The molecule has 29 heavy (non-hydrogen) atoms. The van der Waals surface area contributed by atoms with Gasteiger partial charge in [0.1, 0.15) is 11.4 Å². The van der Waals surface area contributed by atoms with E-state index in [4.69, 9.17) is 20.9 Å². The van der Waals surface area contributed by atoms with Crippen LogP contribution in [0, 0.1) is 0 Å². The SMILES string of the molecule is CCOc1cc(Cc2cnc(N)nc2N)cc2c1OC(C)(C)C=C2c1ccsc1. The van der Waals surface area contributed by atoms with Crippen molar-refractivity contribution in [3.05, 3.63) is 63.5 Å². The number of nitrogen functional groups attached to an aromatic ring is 2. The van der Waals surface area contributed by atoms with Gasteiger partial charge < -0.3 is 20.9 Å². The number of anilines is 2. The van der Waals surface area contributed by atoms with Gasteiger partial charge in [-0.2, -0.15) is 16.3 Å². The highest BCUT2D eigenvalue weighted by molar-refractivity contribution is 7.08. The molecule has 0 bridgehead atoms. The summed E-state index contributed by atoms with van der Waals surface area (Å²) in [5, 5.41) is 4.23. The minimum absolute atomic E-state index is 0.171. The minimum atomic E-state index is -0.438. The Balaban J connectivity index is 1.84. The second kappa shape index (κ2) is 7.40. The largest absolute Gasteiger partial charge is 0.490 e. The molecule has 0 amide bonds. The zero-order valence-electron chi connectivity index (χ0n) is 16.7. The van der Waals surface area contributed by atoms with Crippen molar-refractivity contribution in [2.45, 2.75) is 32.8 Å². The lowest BCUT2D eigenvalue weighted by atomic mass is 9.89. The molecule has 7 heteroatoms. The highest BCUT2D eigenvalue weighted by Crippen LogP contribution is 2.46. The molecule has 4 rings (SSSR count). The van der Waals surface area contributed by atoms with Crippen LogP contribution < -0.4 is 20.9 Å². The maximum atomic E-state index is 6.31. The van der Waals surface area contributed by atoms with Gasteiger partial charge in [0.2, 0.25) is 5.95 Å². The molecule has 0 saturated carbocycles. The van der Waals surface area contributed by atoms with E-state index in [9.17, 15) is 0 Å². The Morgan fingerprint density at radius 1 is 1.24 bits per heavy atom. The van der Waals surface area contributed by atoms with Crippen molar-refractivity contribution in [2.75, 3.05) is 18.1 Å². The first-order valence-electron chi connectivity index (χ1n) is 9.47. The van der Waals surface area contributed by atoms with Crippen LogP contribution in [0.1, 0.15) is 43.0 Å². The molecule has 4 N–H and O–H groups in total. The highest BCUT2D eigenvalue weighted by atomic mass is 32.1. The van der Waals surface area contributed by atoms with E-state index in [1.807, 2.05) is 13.0 Å². The first kappa shape index (κ1) is 19.3. The van der Waals surface area contributed by atoms with E-state index in [1.54, 1.807) is 17.5 Å². The van der Waals surface area contributed by atoms with E-state index >= 15 is 0 Å². The Morgan fingerprint density at radius 2 is 2.07 bits per heavy atom. The Morgan fingerprint density at radius 3 is 2.76 bits per heavy atom. The van der Waals surface area contributed by atoms with Gasteiger partial charge >= 0.3 is 0 Å². The van der Waals surface area contributed by atoms with Gasteiger partial charge in [0.15, 0.2) is 11.5 Å². The molecule has 1 aliphatic heterocycles. The molecule has 3 heterocycles. The average molecular weight is 409 g/mol. The van der Waals surface area contributed by atoms with Gasteiger partial charge in [-0.3, -0.25) is 0 Å². The molecule has 3 aromatic rings. The van der Waals surface area contributed by atoms with Crippen LogP contribution >= 0.6 is 11.3 Å². The summed E-state index contributed by atoms with van der Waals surface area (Å²) < 4.78 is 12.3. The maximum absolute atomic E-state index is 6.31. The van der Waals surface area contributed by atoms with Crippen molar-refractivity contribution < 1.29 is 9.47 Å². The molecule has 150 valence electrons. The van der Waals surface area contributed by atoms with Gasteiger partial charge in [-0.05, 0) is 72.5 Å². The predicted octanol–water partition coefficient (Wildman–Crippen LogP) is 4.29. The van der Waals surface area contributed by atoms with Crippen LogP contribution in [0.5, 0.6) is 11.5 Å². The van der Waals surface area contributed by atoms with Gasteiger partial charge in [0, 0.05) is 23.7 Å². The highest BCUT2D eigenvalue weighted by Gasteiger charge is 2.30. The third kappa shape index (κ3) is 3.91. The van der Waals surface area contributed by atoms with Crippen LogP contribution in [0.4, 0.5) is 11.8 Å². The van der Waals surface area contributed by atoms with Gasteiger partial charge in [-0.1, -0.05) is 0 Å². The van der Waals surface area contributed by atoms with E-state index in [0.717, 1.165) is 33.8 Å². The number of ether oxygens (including phenoxy) is 2. The van der Waals surface area contributed by atoms with Gasteiger partial charge in [-0.15, -0.1) is 0 Å². The summed E-state index contributed by atoms with van der Waals surface area (Å²) in [7, 11) is 0. The van der Waals surface area contributed by atoms with Crippen LogP contribution in [0.3, 0.4) is 0 Å². The Labute approximate surface area is 174 Å². The van der Waals surface area contributed by atoms with Crippen molar-refractivity contribution >= 4 is 28.7 Å². The standard InChI is InChI=1S/C22H24N4O2S/c1-4-27-18-9-13(7-15-11-25-21(24)26-20(15)23)8-16-17(14-5-6-29-12-14)10-22(2,3)28-19(16)18/h5-6,8-12H,4,7H2,1-3H3,(H4,23,24,25,26). The van der Waals surface area contributed by atoms with Crippen molar-refractivity contribution in [3.63, 3.8) is 0 Å². The predicted molar refractivity (Wildman–Crippen MR) is 117 cm³/mol. The Kier molecular flexibility index (Phi) is 4.92. The van der Waals surface area contributed by atoms with Gasteiger partial charge in [0.25, 0.3) is 0 Å². The first-order chi connectivity index (χ1) is 13.9. The third-order valence-corrected chi connectivity index (χ3v) is 5.39. The molecule has 0 unspecified atom stereocenters. The lowest BCUT2D eigenvalue weighted by Gasteiger charge is -2.32. The molecule has 0 spiro atoms. The molecule has 1 aromatic carbocycles. The number of nitrogens with zero attached hydrogens (tertiary/aromatic N) is 2. The quantitative estimate of drug-likeness (QED) is 0.654. The third-order valence-electron chi connectivity index (χ3n) is 4.71. The number of hydrogen-bond donors (Lipinski definition) is 2. The summed E-state index contributed by atoms with van der Waals surface area (Å²) >= 11 is 1.67. The fraction of sp³-hybridized carbons (Fsp3) is 0.273. The monoisotopic (exact) mass is 408 g/mol. The molecule has 2 aromatic heterocycles. The number of benzene rings is 1. The molecular weight excluding hydrogens is 384 g/mol.